The summed E-state index contributed by atoms with van der Waals surface area (Å²) in [5, 5.41) is 25.5. The third-order valence-electron chi connectivity index (χ3n) is 0.712. The normalized spacial score (nSPS) is 13.2. The average molecular weight is 341 g/mol. The molecule has 0 bridgehead atoms. The first-order chi connectivity index (χ1) is 4.46. The van der Waals surface area contributed by atoms with Crippen LogP contribution < -0.4 is 0 Å². The SMILES string of the molecule is OC(O)=C(O)C(Br)C(Br)Br. The molecule has 0 amide bonds. The summed E-state index contributed by atoms with van der Waals surface area (Å²) in [4.78, 5) is -0.558. The molecule has 0 aromatic heterocycles. The van der Waals surface area contributed by atoms with E-state index in [1.54, 1.807) is 0 Å². The molecule has 0 spiro atoms. The zero-order chi connectivity index (χ0) is 8.31. The lowest BCUT2D eigenvalue weighted by molar-refractivity contribution is 0.156. The molecule has 0 radical (unpaired) electrons. The van der Waals surface area contributed by atoms with Crippen LogP contribution in [0.3, 0.4) is 0 Å². The topological polar surface area (TPSA) is 60.7 Å². The van der Waals surface area contributed by atoms with E-state index in [4.69, 9.17) is 15.3 Å². The highest BCUT2D eigenvalue weighted by Gasteiger charge is 2.20. The van der Waals surface area contributed by atoms with Gasteiger partial charge in [-0.25, -0.2) is 0 Å². The third kappa shape index (κ3) is 3.12. The fraction of sp³-hybridized carbons (Fsp3) is 0.500. The molecule has 3 N–H and O–H groups in total. The van der Waals surface area contributed by atoms with Crippen LogP contribution in [0.4, 0.5) is 0 Å². The fourth-order valence-electron chi connectivity index (χ4n) is 0.243. The molecule has 0 aromatic carbocycles. The maximum Gasteiger partial charge on any atom is 0.314 e. The van der Waals surface area contributed by atoms with Crippen LogP contribution >= 0.6 is 47.8 Å². The van der Waals surface area contributed by atoms with E-state index in [-0.39, 0.29) is 3.74 Å². The Hall–Kier alpha value is 0.580. The van der Waals surface area contributed by atoms with Crippen molar-refractivity contribution in [2.45, 2.75) is 8.56 Å². The molecule has 0 saturated carbocycles. The van der Waals surface area contributed by atoms with E-state index in [1.165, 1.54) is 0 Å². The molecule has 0 saturated heterocycles. The van der Waals surface area contributed by atoms with Gasteiger partial charge >= 0.3 is 5.95 Å². The number of hydrogen-bond acceptors (Lipinski definition) is 3. The monoisotopic (exact) mass is 338 g/mol. The predicted molar refractivity (Wildman–Crippen MR) is 49.3 cm³/mol. The molecule has 1 atom stereocenters. The molecule has 0 heterocycles. The van der Waals surface area contributed by atoms with Gasteiger partial charge in [-0.1, -0.05) is 47.8 Å². The minimum atomic E-state index is -1.08. The Morgan fingerprint density at radius 3 is 1.50 bits per heavy atom. The summed E-state index contributed by atoms with van der Waals surface area (Å²) in [6, 6.07) is 0. The smallest absolute Gasteiger partial charge is 0.314 e. The first kappa shape index (κ1) is 10.6. The molecule has 0 aliphatic heterocycles. The summed E-state index contributed by atoms with van der Waals surface area (Å²) in [6.07, 6.45) is 0. The molecular weight excluding hydrogens is 336 g/mol. The lowest BCUT2D eigenvalue weighted by Crippen LogP contribution is -2.12. The van der Waals surface area contributed by atoms with Crippen molar-refractivity contribution in [3.63, 3.8) is 0 Å². The van der Waals surface area contributed by atoms with Crippen molar-refractivity contribution in [2.75, 3.05) is 0 Å². The van der Waals surface area contributed by atoms with Gasteiger partial charge in [0.2, 0.25) is 0 Å². The standard InChI is InChI=1S/C4H5Br3O3/c5-1(3(6)7)2(8)4(9)10/h1,3,8-10H. The van der Waals surface area contributed by atoms with Crippen molar-refractivity contribution < 1.29 is 15.3 Å². The highest BCUT2D eigenvalue weighted by Crippen LogP contribution is 2.25. The largest absolute Gasteiger partial charge is 0.505 e. The molecule has 6 heteroatoms. The maximum absolute atomic E-state index is 8.84. The zero-order valence-corrected chi connectivity index (χ0v) is 9.39. The van der Waals surface area contributed by atoms with Gasteiger partial charge in [0, 0.05) is 0 Å². The number of hydrogen-bond donors (Lipinski definition) is 3. The first-order valence-corrected chi connectivity index (χ1v) is 4.94. The lowest BCUT2D eigenvalue weighted by Gasteiger charge is -2.08. The summed E-state index contributed by atoms with van der Waals surface area (Å²) >= 11 is 9.11. The van der Waals surface area contributed by atoms with Crippen LogP contribution in [0.25, 0.3) is 0 Å². The van der Waals surface area contributed by atoms with Crippen LogP contribution in [0.5, 0.6) is 0 Å². The van der Waals surface area contributed by atoms with Gasteiger partial charge in [-0.05, 0) is 0 Å². The van der Waals surface area contributed by atoms with E-state index in [1.807, 2.05) is 0 Å². The quantitative estimate of drug-likeness (QED) is 0.535. The highest BCUT2D eigenvalue weighted by molar-refractivity contribution is 9.25. The highest BCUT2D eigenvalue weighted by atomic mass is 79.9. The van der Waals surface area contributed by atoms with Crippen LogP contribution in [0, 0.1) is 0 Å². The molecule has 0 rings (SSSR count). The van der Waals surface area contributed by atoms with Crippen molar-refractivity contribution in [3.8, 4) is 0 Å². The van der Waals surface area contributed by atoms with Crippen molar-refractivity contribution in [3.05, 3.63) is 11.7 Å². The third-order valence-corrected chi connectivity index (χ3v) is 4.15. The minimum Gasteiger partial charge on any atom is -0.505 e. The molecule has 0 aliphatic rings. The predicted octanol–water partition coefficient (Wildman–Crippen LogP) is 2.71. The second-order valence-corrected chi connectivity index (χ2v) is 5.63. The van der Waals surface area contributed by atoms with E-state index in [0.29, 0.717) is 0 Å². The first-order valence-electron chi connectivity index (χ1n) is 2.20. The van der Waals surface area contributed by atoms with Gasteiger partial charge in [0.1, 0.15) is 4.83 Å². The molecule has 10 heavy (non-hydrogen) atoms. The van der Waals surface area contributed by atoms with Crippen LogP contribution in [-0.2, 0) is 0 Å². The van der Waals surface area contributed by atoms with Gasteiger partial charge < -0.3 is 15.3 Å². The molecule has 3 nitrogen and oxygen atoms in total. The summed E-state index contributed by atoms with van der Waals surface area (Å²) in [7, 11) is 0. The van der Waals surface area contributed by atoms with E-state index in [9.17, 15) is 0 Å². The Bertz CT molecular complexity index is 141. The lowest BCUT2D eigenvalue weighted by atomic mass is 10.4. The van der Waals surface area contributed by atoms with Gasteiger partial charge in [-0.15, -0.1) is 0 Å². The van der Waals surface area contributed by atoms with Gasteiger partial charge in [0.05, 0.1) is 3.74 Å². The van der Waals surface area contributed by atoms with Gasteiger partial charge in [-0.2, -0.15) is 0 Å². The zero-order valence-electron chi connectivity index (χ0n) is 4.63. The van der Waals surface area contributed by atoms with Gasteiger partial charge in [-0.3, -0.25) is 0 Å². The summed E-state index contributed by atoms with van der Waals surface area (Å²) in [5.41, 5.74) is 0. The van der Waals surface area contributed by atoms with Crippen molar-refractivity contribution in [1.29, 1.82) is 0 Å². The molecular formula is C4H5Br3O3. The second-order valence-electron chi connectivity index (χ2n) is 1.45. The Balaban J connectivity index is 4.22. The maximum atomic E-state index is 8.84. The van der Waals surface area contributed by atoms with Crippen LogP contribution in [0.15, 0.2) is 11.7 Å². The fourth-order valence-corrected chi connectivity index (χ4v) is 0.948. The van der Waals surface area contributed by atoms with Crippen molar-refractivity contribution >= 4 is 47.8 Å². The summed E-state index contributed by atoms with van der Waals surface area (Å²) in [6.45, 7) is 0. The van der Waals surface area contributed by atoms with Crippen LogP contribution in [0.1, 0.15) is 0 Å². The molecule has 0 fully saturated rings. The number of aliphatic hydroxyl groups is 3. The van der Waals surface area contributed by atoms with E-state index in [2.05, 4.69) is 47.8 Å². The van der Waals surface area contributed by atoms with Crippen molar-refractivity contribution in [1.82, 2.24) is 0 Å². The minimum absolute atomic E-state index is 0.255. The Morgan fingerprint density at radius 1 is 1.00 bits per heavy atom. The molecule has 60 valence electrons. The Kier molecular flexibility index (Phi) is 4.71. The number of allylic oxidation sites excluding steroid dienone is 1. The molecule has 0 aromatic rings. The number of aliphatic hydroxyl groups excluding tert-OH is 2. The number of rotatable bonds is 2. The summed E-state index contributed by atoms with van der Waals surface area (Å²) in [5.74, 6) is -1.59. The Labute approximate surface area is 83.1 Å². The van der Waals surface area contributed by atoms with E-state index < -0.39 is 16.5 Å². The number of halogens is 3. The van der Waals surface area contributed by atoms with Crippen molar-refractivity contribution in [2.24, 2.45) is 0 Å². The van der Waals surface area contributed by atoms with Gasteiger partial charge in [0.15, 0.2) is 5.76 Å². The molecule has 0 aliphatic carbocycles. The molecule has 1 unspecified atom stereocenters. The second kappa shape index (κ2) is 4.46. The summed E-state index contributed by atoms with van der Waals surface area (Å²) < 4.78 is -0.255. The van der Waals surface area contributed by atoms with Crippen LogP contribution in [-0.4, -0.2) is 23.9 Å². The Morgan fingerprint density at radius 2 is 1.40 bits per heavy atom. The number of alkyl halides is 3. The van der Waals surface area contributed by atoms with E-state index in [0.717, 1.165) is 0 Å². The van der Waals surface area contributed by atoms with E-state index >= 15 is 0 Å². The van der Waals surface area contributed by atoms with Gasteiger partial charge in [0.25, 0.3) is 0 Å². The average Bonchev–Trinajstić information content (AvgIpc) is 1.84. The van der Waals surface area contributed by atoms with Crippen LogP contribution in [0.2, 0.25) is 0 Å².